The van der Waals surface area contributed by atoms with Crippen molar-refractivity contribution >= 4 is 7.28 Å². The molecule has 0 radical (unpaired) electrons. The van der Waals surface area contributed by atoms with Crippen LogP contribution in [0, 0.1) is 5.41 Å². The summed E-state index contributed by atoms with van der Waals surface area (Å²) in [5, 5.41) is 30.2. The standard InChI is InChI=1S/C31H35O6P/c32-21-31(22-33,23-34)24-37-38(35,36,29(25-13-5-1-6-14-25)26-15-7-2-8-16-26)30(27-17-9-3-10-18-27)28-19-11-4-12-20-28/h1-20,29-30,32-36H,21-24H2. The van der Waals surface area contributed by atoms with Gasteiger partial charge in [0.05, 0.1) is 0 Å². The second kappa shape index (κ2) is 11.9. The van der Waals surface area contributed by atoms with E-state index < -0.39 is 50.4 Å². The van der Waals surface area contributed by atoms with Gasteiger partial charge in [0.15, 0.2) is 0 Å². The van der Waals surface area contributed by atoms with Crippen LogP contribution in [0.15, 0.2) is 121 Å². The number of benzene rings is 4. The Labute approximate surface area is 223 Å². The second-order valence-electron chi connectivity index (χ2n) is 9.77. The van der Waals surface area contributed by atoms with Crippen molar-refractivity contribution in [1.29, 1.82) is 0 Å². The van der Waals surface area contributed by atoms with Gasteiger partial charge >= 0.3 is 224 Å². The van der Waals surface area contributed by atoms with Gasteiger partial charge in [0.25, 0.3) is 0 Å². The van der Waals surface area contributed by atoms with Gasteiger partial charge in [-0.05, 0) is 0 Å². The molecule has 0 heterocycles. The van der Waals surface area contributed by atoms with Gasteiger partial charge in [-0.25, -0.2) is 0 Å². The van der Waals surface area contributed by atoms with Crippen LogP contribution in [0.3, 0.4) is 0 Å². The fourth-order valence-corrected chi connectivity index (χ4v) is 8.97. The molecule has 0 unspecified atom stereocenters. The van der Waals surface area contributed by atoms with Crippen molar-refractivity contribution in [3.63, 3.8) is 0 Å². The third-order valence-electron chi connectivity index (χ3n) is 7.07. The molecular weight excluding hydrogens is 499 g/mol. The fourth-order valence-electron chi connectivity index (χ4n) is 4.90. The van der Waals surface area contributed by atoms with Gasteiger partial charge in [-0.3, -0.25) is 0 Å². The molecule has 4 rings (SSSR count). The van der Waals surface area contributed by atoms with E-state index in [-0.39, 0.29) is 0 Å². The maximum atomic E-state index is 13.1. The Morgan fingerprint density at radius 2 is 0.763 bits per heavy atom. The summed E-state index contributed by atoms with van der Waals surface area (Å²) in [4.78, 5) is 26.2. The number of aliphatic hydroxyl groups excluding tert-OH is 3. The van der Waals surface area contributed by atoms with E-state index in [0.717, 1.165) is 0 Å². The topological polar surface area (TPSA) is 110 Å². The molecule has 0 aliphatic heterocycles. The van der Waals surface area contributed by atoms with E-state index in [0.29, 0.717) is 22.3 Å². The first-order valence-corrected chi connectivity index (χ1v) is 14.7. The van der Waals surface area contributed by atoms with Crippen LogP contribution in [0.4, 0.5) is 0 Å². The Balaban J connectivity index is 2.05. The zero-order valence-electron chi connectivity index (χ0n) is 21.1. The van der Waals surface area contributed by atoms with Crippen molar-refractivity contribution in [2.24, 2.45) is 5.41 Å². The Morgan fingerprint density at radius 1 is 0.500 bits per heavy atom. The Kier molecular flexibility index (Phi) is 8.76. The van der Waals surface area contributed by atoms with E-state index in [1.807, 2.05) is 121 Å². The predicted molar refractivity (Wildman–Crippen MR) is 150 cm³/mol. The summed E-state index contributed by atoms with van der Waals surface area (Å²) >= 11 is 0. The summed E-state index contributed by atoms with van der Waals surface area (Å²) in [6.07, 6.45) is 0. The molecule has 7 heteroatoms. The van der Waals surface area contributed by atoms with E-state index in [2.05, 4.69) is 0 Å². The zero-order chi connectivity index (χ0) is 27.1. The summed E-state index contributed by atoms with van der Waals surface area (Å²) < 4.78 is 6.36. The van der Waals surface area contributed by atoms with E-state index in [1.165, 1.54) is 0 Å². The van der Waals surface area contributed by atoms with Crippen LogP contribution in [0.25, 0.3) is 0 Å². The summed E-state index contributed by atoms with van der Waals surface area (Å²) in [7, 11) is -5.49. The molecule has 0 fully saturated rings. The Hall–Kier alpha value is -2.93. The molecular formula is C31H35O6P. The van der Waals surface area contributed by atoms with E-state index in [9.17, 15) is 25.1 Å². The van der Waals surface area contributed by atoms with Crippen LogP contribution < -0.4 is 0 Å². The van der Waals surface area contributed by atoms with Crippen molar-refractivity contribution in [3.8, 4) is 0 Å². The van der Waals surface area contributed by atoms with E-state index in [1.54, 1.807) is 0 Å². The third kappa shape index (κ3) is 5.58. The molecule has 200 valence electrons. The van der Waals surface area contributed by atoms with Gasteiger partial charge in [-0.2, -0.15) is 0 Å². The molecule has 0 saturated carbocycles. The molecule has 6 nitrogen and oxygen atoms in total. The number of hydrogen-bond acceptors (Lipinski definition) is 6. The SMILES string of the molecule is OCC(CO)(CO)COP(O)(O)(C(c1ccccc1)c1ccccc1)C(c1ccccc1)c1ccccc1. The number of hydrogen-bond donors (Lipinski definition) is 5. The van der Waals surface area contributed by atoms with Crippen molar-refractivity contribution in [3.05, 3.63) is 144 Å². The first kappa shape index (κ1) is 28.1. The molecule has 0 aliphatic carbocycles. The summed E-state index contributed by atoms with van der Waals surface area (Å²) in [6.45, 7) is -2.28. The van der Waals surface area contributed by atoms with Gasteiger partial charge in [0.2, 0.25) is 0 Å². The molecule has 0 spiro atoms. The molecule has 5 N–H and O–H groups in total. The molecule has 38 heavy (non-hydrogen) atoms. The normalized spacial score (nSPS) is 13.4. The van der Waals surface area contributed by atoms with Crippen LogP contribution in [0.5, 0.6) is 0 Å². The second-order valence-corrected chi connectivity index (χ2v) is 13.2. The minimum absolute atomic E-state index is 0.479. The van der Waals surface area contributed by atoms with E-state index in [4.69, 9.17) is 4.52 Å². The predicted octanol–water partition coefficient (Wildman–Crippen LogP) is 4.83. The number of aliphatic hydroxyl groups is 3. The average Bonchev–Trinajstić information content (AvgIpc) is 2.96. The van der Waals surface area contributed by atoms with Crippen molar-refractivity contribution in [2.45, 2.75) is 11.3 Å². The Morgan fingerprint density at radius 3 is 1.00 bits per heavy atom. The molecule has 0 amide bonds. The quantitative estimate of drug-likeness (QED) is 0.167. The van der Waals surface area contributed by atoms with Gasteiger partial charge in [-0.1, -0.05) is 0 Å². The van der Waals surface area contributed by atoms with Crippen LogP contribution >= 0.6 is 7.28 Å². The van der Waals surface area contributed by atoms with Gasteiger partial charge in [-0.15, -0.1) is 0 Å². The average molecular weight is 535 g/mol. The first-order chi connectivity index (χ1) is 18.4. The molecule has 0 bridgehead atoms. The van der Waals surface area contributed by atoms with Crippen LogP contribution in [0.2, 0.25) is 0 Å². The molecule has 4 aromatic carbocycles. The monoisotopic (exact) mass is 534 g/mol. The molecule has 0 aromatic heterocycles. The molecule has 0 saturated heterocycles. The summed E-state index contributed by atoms with van der Waals surface area (Å²) in [5.41, 5.74) is -0.946. The van der Waals surface area contributed by atoms with Crippen molar-refractivity contribution < 1.29 is 29.6 Å². The third-order valence-corrected chi connectivity index (χ3v) is 10.9. The molecule has 0 aliphatic rings. The summed E-state index contributed by atoms with van der Waals surface area (Å²) in [6, 6.07) is 36.8. The summed E-state index contributed by atoms with van der Waals surface area (Å²) in [5.74, 6) is 0. The molecule has 0 atom stereocenters. The Bertz CT molecular complexity index is 1090. The van der Waals surface area contributed by atoms with Gasteiger partial charge in [0.1, 0.15) is 0 Å². The van der Waals surface area contributed by atoms with Crippen LogP contribution in [-0.4, -0.2) is 51.5 Å². The van der Waals surface area contributed by atoms with Gasteiger partial charge < -0.3 is 0 Å². The maximum absolute atomic E-state index is 13.1. The first-order valence-electron chi connectivity index (χ1n) is 12.5. The molecule has 4 aromatic rings. The van der Waals surface area contributed by atoms with Crippen LogP contribution in [0.1, 0.15) is 33.6 Å². The number of rotatable bonds is 12. The van der Waals surface area contributed by atoms with Crippen LogP contribution in [-0.2, 0) is 4.52 Å². The van der Waals surface area contributed by atoms with Crippen molar-refractivity contribution in [2.75, 3.05) is 26.4 Å². The minimum atomic E-state index is -5.49. The van der Waals surface area contributed by atoms with Crippen molar-refractivity contribution in [1.82, 2.24) is 0 Å². The fraction of sp³-hybridized carbons (Fsp3) is 0.226. The van der Waals surface area contributed by atoms with E-state index >= 15 is 0 Å². The zero-order valence-corrected chi connectivity index (χ0v) is 22.0. The van der Waals surface area contributed by atoms with Gasteiger partial charge in [0, 0.05) is 0 Å².